The third kappa shape index (κ3) is 6.04. The van der Waals surface area contributed by atoms with E-state index in [-0.39, 0.29) is 12.2 Å². The van der Waals surface area contributed by atoms with E-state index in [1.165, 1.54) is 0 Å². The van der Waals surface area contributed by atoms with Gasteiger partial charge in [0.05, 0.1) is 6.42 Å². The molecule has 0 saturated carbocycles. The van der Waals surface area contributed by atoms with E-state index in [2.05, 4.69) is 0 Å². The van der Waals surface area contributed by atoms with Gasteiger partial charge in [-0.2, -0.15) is 0 Å². The second-order valence-corrected chi connectivity index (χ2v) is 5.65. The minimum Gasteiger partial charge on any atom is -0.492 e. The van der Waals surface area contributed by atoms with Crippen molar-refractivity contribution in [1.29, 1.82) is 0 Å². The van der Waals surface area contributed by atoms with Crippen LogP contribution in [0, 0.1) is 0 Å². The molecule has 132 valence electrons. The van der Waals surface area contributed by atoms with Crippen LogP contribution in [0.1, 0.15) is 29.3 Å². The number of ketones is 1. The van der Waals surface area contributed by atoms with E-state index in [0.717, 1.165) is 6.54 Å². The molecule has 0 atom stereocenters. The fraction of sp³-hybridized carbons (Fsp3) is 0.300. The van der Waals surface area contributed by atoms with Crippen LogP contribution in [-0.4, -0.2) is 48.0 Å². The number of rotatable bonds is 10. The van der Waals surface area contributed by atoms with Crippen molar-refractivity contribution in [1.82, 2.24) is 4.90 Å². The van der Waals surface area contributed by atoms with Crippen LogP contribution in [-0.2, 0) is 4.79 Å². The maximum Gasteiger partial charge on any atom is 0.304 e. The zero-order chi connectivity index (χ0) is 18.1. The molecule has 0 radical (unpaired) electrons. The van der Waals surface area contributed by atoms with Crippen LogP contribution in [0.3, 0.4) is 0 Å². The number of aliphatic carboxylic acids is 1. The molecule has 2 rings (SSSR count). The summed E-state index contributed by atoms with van der Waals surface area (Å²) in [5.74, 6) is -0.116. The molecule has 0 amide bonds. The third-order valence-electron chi connectivity index (χ3n) is 3.92. The average Bonchev–Trinajstić information content (AvgIpc) is 2.65. The number of likely N-dealkylation sites (N-methyl/N-ethyl adjacent to an activating group) is 1. The number of hydrogen-bond acceptors (Lipinski definition) is 4. The summed E-state index contributed by atoms with van der Waals surface area (Å²) in [4.78, 5) is 25.0. The molecule has 0 aliphatic rings. The molecular formula is C20H23NO4. The smallest absolute Gasteiger partial charge is 0.304 e. The van der Waals surface area contributed by atoms with Gasteiger partial charge >= 0.3 is 5.97 Å². The number of benzene rings is 2. The predicted octanol–water partition coefficient (Wildman–Crippen LogP) is 3.09. The van der Waals surface area contributed by atoms with Gasteiger partial charge in [0.1, 0.15) is 12.4 Å². The Bertz CT molecular complexity index is 683. The van der Waals surface area contributed by atoms with Crippen molar-refractivity contribution in [2.45, 2.75) is 13.3 Å². The van der Waals surface area contributed by atoms with Crippen molar-refractivity contribution in [3.05, 3.63) is 65.7 Å². The van der Waals surface area contributed by atoms with Crippen LogP contribution in [0.2, 0.25) is 0 Å². The fourth-order valence-electron chi connectivity index (χ4n) is 2.43. The summed E-state index contributed by atoms with van der Waals surface area (Å²) in [6.45, 7) is 4.42. The summed E-state index contributed by atoms with van der Waals surface area (Å²) in [6.07, 6.45) is 0.129. The molecule has 0 saturated heterocycles. The van der Waals surface area contributed by atoms with Gasteiger partial charge in [0.25, 0.3) is 0 Å². The van der Waals surface area contributed by atoms with Crippen molar-refractivity contribution < 1.29 is 19.4 Å². The molecule has 2 aromatic carbocycles. The van der Waals surface area contributed by atoms with Crippen LogP contribution in [0.5, 0.6) is 5.75 Å². The molecule has 0 spiro atoms. The molecule has 0 heterocycles. The lowest BCUT2D eigenvalue weighted by atomic mass is 10.0. The molecule has 0 unspecified atom stereocenters. The van der Waals surface area contributed by atoms with Crippen LogP contribution in [0.4, 0.5) is 0 Å². The Hall–Kier alpha value is -2.66. The van der Waals surface area contributed by atoms with Gasteiger partial charge < -0.3 is 9.84 Å². The summed E-state index contributed by atoms with van der Waals surface area (Å²) >= 11 is 0. The summed E-state index contributed by atoms with van der Waals surface area (Å²) < 4.78 is 5.69. The minimum atomic E-state index is -0.793. The zero-order valence-electron chi connectivity index (χ0n) is 14.4. The van der Waals surface area contributed by atoms with Gasteiger partial charge in [0.15, 0.2) is 5.78 Å². The quantitative estimate of drug-likeness (QED) is 0.673. The molecule has 25 heavy (non-hydrogen) atoms. The van der Waals surface area contributed by atoms with Gasteiger partial charge in [0, 0.05) is 24.2 Å². The summed E-state index contributed by atoms with van der Waals surface area (Å²) in [7, 11) is 0. The highest BCUT2D eigenvalue weighted by Gasteiger charge is 2.09. The monoisotopic (exact) mass is 341 g/mol. The van der Waals surface area contributed by atoms with E-state index in [4.69, 9.17) is 9.84 Å². The van der Waals surface area contributed by atoms with Crippen molar-refractivity contribution in [3.63, 3.8) is 0 Å². The SMILES string of the molecule is CCN(CCOc1ccc(C(=O)c2ccccc2)cc1)CCC(=O)O. The Morgan fingerprint density at radius 3 is 2.20 bits per heavy atom. The molecule has 0 fully saturated rings. The number of carboxylic acids is 1. The van der Waals surface area contributed by atoms with Gasteiger partial charge in [-0.3, -0.25) is 14.5 Å². The molecule has 0 aromatic heterocycles. The summed E-state index contributed by atoms with van der Waals surface area (Å²) in [6, 6.07) is 16.2. The Morgan fingerprint density at radius 1 is 0.960 bits per heavy atom. The molecule has 5 heteroatoms. The van der Waals surface area contributed by atoms with Crippen molar-refractivity contribution in [2.75, 3.05) is 26.2 Å². The molecule has 5 nitrogen and oxygen atoms in total. The van der Waals surface area contributed by atoms with E-state index in [1.807, 2.05) is 30.0 Å². The number of carbonyl (C=O) groups excluding carboxylic acids is 1. The normalized spacial score (nSPS) is 10.6. The zero-order valence-corrected chi connectivity index (χ0v) is 14.4. The lowest BCUT2D eigenvalue weighted by molar-refractivity contribution is -0.137. The van der Waals surface area contributed by atoms with Crippen LogP contribution < -0.4 is 4.74 Å². The summed E-state index contributed by atoms with van der Waals surface area (Å²) in [5.41, 5.74) is 1.28. The first-order valence-corrected chi connectivity index (χ1v) is 8.37. The first-order chi connectivity index (χ1) is 12.1. The second kappa shape index (κ2) is 9.59. The maximum atomic E-state index is 12.3. The fourth-order valence-corrected chi connectivity index (χ4v) is 2.43. The van der Waals surface area contributed by atoms with E-state index in [1.54, 1.807) is 36.4 Å². The molecule has 0 aliphatic carbocycles. The molecular weight excluding hydrogens is 318 g/mol. The standard InChI is InChI=1S/C20H23NO4/c1-2-21(13-12-19(22)23)14-15-25-18-10-8-17(9-11-18)20(24)16-6-4-3-5-7-16/h3-11H,2,12-15H2,1H3,(H,22,23). The van der Waals surface area contributed by atoms with Crippen molar-refractivity contribution >= 4 is 11.8 Å². The van der Waals surface area contributed by atoms with Crippen LogP contribution >= 0.6 is 0 Å². The van der Waals surface area contributed by atoms with Gasteiger partial charge in [-0.1, -0.05) is 37.3 Å². The van der Waals surface area contributed by atoms with Crippen molar-refractivity contribution in [2.24, 2.45) is 0 Å². The Labute approximate surface area is 147 Å². The highest BCUT2D eigenvalue weighted by molar-refractivity contribution is 6.08. The van der Waals surface area contributed by atoms with E-state index < -0.39 is 5.97 Å². The first-order valence-electron chi connectivity index (χ1n) is 8.37. The van der Waals surface area contributed by atoms with Gasteiger partial charge in [-0.25, -0.2) is 0 Å². The highest BCUT2D eigenvalue weighted by Crippen LogP contribution is 2.15. The third-order valence-corrected chi connectivity index (χ3v) is 3.92. The van der Waals surface area contributed by atoms with Gasteiger partial charge in [-0.05, 0) is 30.8 Å². The number of carbonyl (C=O) groups is 2. The first kappa shape index (κ1) is 18.7. The summed E-state index contributed by atoms with van der Waals surface area (Å²) in [5, 5.41) is 8.73. The molecule has 0 bridgehead atoms. The van der Waals surface area contributed by atoms with Gasteiger partial charge in [-0.15, -0.1) is 0 Å². The van der Waals surface area contributed by atoms with E-state index >= 15 is 0 Å². The highest BCUT2D eigenvalue weighted by atomic mass is 16.5. The molecule has 1 N–H and O–H groups in total. The van der Waals surface area contributed by atoms with E-state index in [9.17, 15) is 9.59 Å². The molecule has 2 aromatic rings. The van der Waals surface area contributed by atoms with Crippen molar-refractivity contribution in [3.8, 4) is 5.75 Å². The van der Waals surface area contributed by atoms with Crippen LogP contribution in [0.15, 0.2) is 54.6 Å². The molecule has 0 aliphatic heterocycles. The van der Waals surface area contributed by atoms with E-state index in [0.29, 0.717) is 36.6 Å². The average molecular weight is 341 g/mol. The Balaban J connectivity index is 1.84. The minimum absolute atomic E-state index is 0.0158. The Morgan fingerprint density at radius 2 is 1.60 bits per heavy atom. The number of hydrogen-bond donors (Lipinski definition) is 1. The number of carboxylic acid groups (broad SMARTS) is 1. The predicted molar refractivity (Wildman–Crippen MR) is 96.2 cm³/mol. The maximum absolute atomic E-state index is 12.3. The van der Waals surface area contributed by atoms with Crippen LogP contribution in [0.25, 0.3) is 0 Å². The Kier molecular flexibility index (Phi) is 7.16. The number of ether oxygens (including phenoxy) is 1. The number of nitrogens with zero attached hydrogens (tertiary/aromatic N) is 1. The van der Waals surface area contributed by atoms with Gasteiger partial charge in [0.2, 0.25) is 0 Å². The lowest BCUT2D eigenvalue weighted by Gasteiger charge is -2.19. The lowest BCUT2D eigenvalue weighted by Crippen LogP contribution is -2.30. The largest absolute Gasteiger partial charge is 0.492 e. The topological polar surface area (TPSA) is 66.8 Å². The second-order valence-electron chi connectivity index (χ2n) is 5.65.